The predicted molar refractivity (Wildman–Crippen MR) is 101 cm³/mol. The Bertz CT molecular complexity index is 797. The van der Waals surface area contributed by atoms with E-state index in [4.69, 9.17) is 14.1 Å². The molecule has 0 N–H and O–H groups in total. The number of allylic oxidation sites excluding steroid dienone is 1. The molecule has 0 aliphatic carbocycles. The van der Waals surface area contributed by atoms with Crippen molar-refractivity contribution < 1.29 is 13.9 Å². The van der Waals surface area contributed by atoms with Crippen LogP contribution in [0.25, 0.3) is 0 Å². The third-order valence-corrected chi connectivity index (χ3v) is 4.59. The Hall–Kier alpha value is -2.47. The van der Waals surface area contributed by atoms with Crippen LogP contribution >= 0.6 is 11.8 Å². The molecule has 6 heteroatoms. The highest BCUT2D eigenvalue weighted by Gasteiger charge is 2.35. The first-order valence-electron chi connectivity index (χ1n) is 8.05. The second-order valence-electron chi connectivity index (χ2n) is 5.42. The van der Waals surface area contributed by atoms with Gasteiger partial charge in [-0.1, -0.05) is 30.0 Å². The summed E-state index contributed by atoms with van der Waals surface area (Å²) in [7, 11) is 0. The molecule has 2 heterocycles. The lowest BCUT2D eigenvalue weighted by Gasteiger charge is -2.33. The van der Waals surface area contributed by atoms with Crippen LogP contribution in [0.1, 0.15) is 25.6 Å². The van der Waals surface area contributed by atoms with Crippen molar-refractivity contribution in [3.8, 4) is 0 Å². The number of hydrogen-bond acceptors (Lipinski definition) is 6. The van der Waals surface area contributed by atoms with Crippen molar-refractivity contribution in [1.29, 1.82) is 0 Å². The van der Waals surface area contributed by atoms with Crippen LogP contribution in [0.5, 0.6) is 0 Å². The average Bonchev–Trinajstić information content (AvgIpc) is 3.16. The van der Waals surface area contributed by atoms with Crippen molar-refractivity contribution in [2.45, 2.75) is 19.9 Å². The predicted octanol–water partition coefficient (Wildman–Crippen LogP) is 4.40. The molecule has 2 aromatic rings. The van der Waals surface area contributed by atoms with Crippen LogP contribution in [0.3, 0.4) is 0 Å². The van der Waals surface area contributed by atoms with E-state index in [1.807, 2.05) is 54.5 Å². The van der Waals surface area contributed by atoms with Crippen molar-refractivity contribution in [3.05, 3.63) is 65.8 Å². The molecule has 0 amide bonds. The minimum Gasteiger partial charge on any atom is -0.467 e. The first-order valence-corrected chi connectivity index (χ1v) is 9.28. The zero-order valence-electron chi connectivity index (χ0n) is 14.4. The molecule has 1 aliphatic rings. The van der Waals surface area contributed by atoms with Gasteiger partial charge in [0.05, 0.1) is 18.4 Å². The number of anilines is 1. The van der Waals surface area contributed by atoms with E-state index in [9.17, 15) is 4.79 Å². The Morgan fingerprint density at radius 2 is 2.04 bits per heavy atom. The minimum absolute atomic E-state index is 0.310. The molecule has 3 rings (SSSR count). The number of nitrogens with zero attached hydrogens (tertiary/aromatic N) is 2. The van der Waals surface area contributed by atoms with Gasteiger partial charge in [-0.15, -0.1) is 0 Å². The molecule has 0 spiro atoms. The molecule has 0 saturated heterocycles. The first-order chi connectivity index (χ1) is 12.2. The molecule has 25 heavy (non-hydrogen) atoms. The van der Waals surface area contributed by atoms with E-state index in [0.717, 1.165) is 16.6 Å². The van der Waals surface area contributed by atoms with E-state index >= 15 is 0 Å². The van der Waals surface area contributed by atoms with Gasteiger partial charge >= 0.3 is 5.97 Å². The summed E-state index contributed by atoms with van der Waals surface area (Å²) in [4.78, 5) is 19.4. The fraction of sp³-hybridized carbons (Fsp3) is 0.263. The van der Waals surface area contributed by atoms with E-state index < -0.39 is 6.04 Å². The molecule has 0 unspecified atom stereocenters. The summed E-state index contributed by atoms with van der Waals surface area (Å²) in [5.74, 6) is 0.257. The van der Waals surface area contributed by atoms with Crippen LogP contribution in [0, 0.1) is 0 Å². The van der Waals surface area contributed by atoms with Crippen LogP contribution in [0.2, 0.25) is 0 Å². The summed E-state index contributed by atoms with van der Waals surface area (Å²) in [6, 6.07) is 13.0. The standard InChI is InChI=1S/C19H20N2O3S/c1-4-23-18(22)16-13(2)21(14-9-6-5-7-10-14)19(25-3)20-17(16)15-11-8-12-24-15/h5-12,17H,4H2,1-3H3/t17-/m1/s1. The van der Waals surface area contributed by atoms with E-state index in [0.29, 0.717) is 17.9 Å². The molecule has 0 saturated carbocycles. The van der Waals surface area contributed by atoms with Gasteiger partial charge in [0.1, 0.15) is 11.8 Å². The van der Waals surface area contributed by atoms with E-state index in [2.05, 4.69) is 0 Å². The topological polar surface area (TPSA) is 55.0 Å². The number of benzene rings is 1. The number of furan rings is 1. The van der Waals surface area contributed by atoms with Crippen molar-refractivity contribution in [1.82, 2.24) is 0 Å². The number of carbonyl (C=O) groups excluding carboxylic acids is 1. The Balaban J connectivity index is 2.14. The molecule has 1 aromatic carbocycles. The number of hydrogen-bond donors (Lipinski definition) is 0. The van der Waals surface area contributed by atoms with Gasteiger partial charge in [0.2, 0.25) is 0 Å². The molecule has 1 atom stereocenters. The summed E-state index contributed by atoms with van der Waals surface area (Å²) in [6.45, 7) is 4.02. The van der Waals surface area contributed by atoms with Crippen molar-refractivity contribution in [2.24, 2.45) is 4.99 Å². The van der Waals surface area contributed by atoms with E-state index in [1.165, 1.54) is 11.8 Å². The lowest BCUT2D eigenvalue weighted by atomic mass is 10.0. The Labute approximate surface area is 151 Å². The van der Waals surface area contributed by atoms with Crippen LogP contribution in [0.4, 0.5) is 5.69 Å². The smallest absolute Gasteiger partial charge is 0.338 e. The molecular formula is C19H20N2O3S. The summed E-state index contributed by atoms with van der Waals surface area (Å²) in [5, 5.41) is 0.804. The van der Waals surface area contributed by atoms with Gasteiger partial charge in [-0.05, 0) is 44.4 Å². The fourth-order valence-electron chi connectivity index (χ4n) is 2.84. The largest absolute Gasteiger partial charge is 0.467 e. The number of amidine groups is 1. The quantitative estimate of drug-likeness (QED) is 0.760. The number of thioether (sulfide) groups is 1. The number of carbonyl (C=O) groups is 1. The van der Waals surface area contributed by atoms with Crippen LogP contribution in [-0.2, 0) is 9.53 Å². The zero-order valence-corrected chi connectivity index (χ0v) is 15.2. The highest BCUT2D eigenvalue weighted by atomic mass is 32.2. The lowest BCUT2D eigenvalue weighted by molar-refractivity contribution is -0.139. The SMILES string of the molecule is CCOC(=O)C1=C(C)N(c2ccccc2)C(SC)=N[C@@H]1c1ccco1. The van der Waals surface area contributed by atoms with Crippen LogP contribution in [-0.4, -0.2) is 24.0 Å². The summed E-state index contributed by atoms with van der Waals surface area (Å²) < 4.78 is 10.8. The van der Waals surface area contributed by atoms with Gasteiger partial charge in [-0.2, -0.15) is 0 Å². The summed E-state index contributed by atoms with van der Waals surface area (Å²) in [6.07, 6.45) is 3.56. The van der Waals surface area contributed by atoms with Gasteiger partial charge in [-0.25, -0.2) is 9.79 Å². The number of rotatable bonds is 4. The van der Waals surface area contributed by atoms with Gasteiger partial charge < -0.3 is 9.15 Å². The minimum atomic E-state index is -0.503. The first kappa shape index (κ1) is 17.4. The second kappa shape index (κ2) is 7.61. The highest BCUT2D eigenvalue weighted by Crippen LogP contribution is 2.38. The van der Waals surface area contributed by atoms with E-state index in [-0.39, 0.29) is 5.97 Å². The molecular weight excluding hydrogens is 336 g/mol. The van der Waals surface area contributed by atoms with Gasteiger partial charge in [0.15, 0.2) is 5.17 Å². The Morgan fingerprint density at radius 3 is 2.64 bits per heavy atom. The number of ether oxygens (including phenoxy) is 1. The number of aliphatic imine (C=N–C) groups is 1. The van der Waals surface area contributed by atoms with Gasteiger partial charge in [0, 0.05) is 11.4 Å². The van der Waals surface area contributed by atoms with Crippen LogP contribution < -0.4 is 4.90 Å². The zero-order chi connectivity index (χ0) is 17.8. The maximum absolute atomic E-state index is 12.7. The third-order valence-electron chi connectivity index (χ3n) is 3.93. The summed E-state index contributed by atoms with van der Waals surface area (Å²) >= 11 is 1.53. The van der Waals surface area contributed by atoms with Crippen molar-refractivity contribution in [2.75, 3.05) is 17.8 Å². The average molecular weight is 356 g/mol. The van der Waals surface area contributed by atoms with Gasteiger partial charge in [-0.3, -0.25) is 4.90 Å². The van der Waals surface area contributed by atoms with Crippen molar-refractivity contribution in [3.63, 3.8) is 0 Å². The molecule has 0 bridgehead atoms. The number of para-hydroxylation sites is 1. The maximum Gasteiger partial charge on any atom is 0.338 e. The monoisotopic (exact) mass is 356 g/mol. The molecule has 0 radical (unpaired) electrons. The fourth-order valence-corrected chi connectivity index (χ4v) is 3.48. The molecule has 1 aromatic heterocycles. The summed E-state index contributed by atoms with van der Waals surface area (Å²) in [5.41, 5.74) is 2.25. The van der Waals surface area contributed by atoms with Crippen molar-refractivity contribution >= 4 is 28.6 Å². The third kappa shape index (κ3) is 3.35. The number of esters is 1. The van der Waals surface area contributed by atoms with Crippen LogP contribution in [0.15, 0.2) is 69.4 Å². The van der Waals surface area contributed by atoms with Gasteiger partial charge in [0.25, 0.3) is 0 Å². The van der Waals surface area contributed by atoms with E-state index in [1.54, 1.807) is 19.3 Å². The molecule has 5 nitrogen and oxygen atoms in total. The Morgan fingerprint density at radius 1 is 1.28 bits per heavy atom. The molecule has 130 valence electrons. The Kier molecular flexibility index (Phi) is 5.28. The lowest BCUT2D eigenvalue weighted by Crippen LogP contribution is -2.35. The molecule has 0 fully saturated rings. The maximum atomic E-state index is 12.7. The highest BCUT2D eigenvalue weighted by molar-refractivity contribution is 8.13. The second-order valence-corrected chi connectivity index (χ2v) is 6.20. The normalized spacial score (nSPS) is 17.5. The molecule has 1 aliphatic heterocycles.